The Bertz CT molecular complexity index is 342. The van der Waals surface area contributed by atoms with Crippen molar-refractivity contribution in [3.8, 4) is 11.5 Å². The molecule has 16 heavy (non-hydrogen) atoms. The lowest BCUT2D eigenvalue weighted by Gasteiger charge is -2.31. The molecular formula is C14H24OSi. The second-order valence-electron chi connectivity index (χ2n) is 6.87. The molecule has 2 aliphatic rings. The largest absolute Gasteiger partial charge is 0.352 e. The second kappa shape index (κ2) is 3.61. The lowest BCUT2D eigenvalue weighted by atomic mass is 9.90. The van der Waals surface area contributed by atoms with Crippen LogP contribution in [-0.2, 0) is 4.74 Å². The van der Waals surface area contributed by atoms with Gasteiger partial charge in [0.1, 0.15) is 8.07 Å². The van der Waals surface area contributed by atoms with Crippen LogP contribution in [0.4, 0.5) is 0 Å². The van der Waals surface area contributed by atoms with Gasteiger partial charge in [0.2, 0.25) is 0 Å². The fourth-order valence-electron chi connectivity index (χ4n) is 2.07. The van der Waals surface area contributed by atoms with Gasteiger partial charge >= 0.3 is 0 Å². The monoisotopic (exact) mass is 236 g/mol. The van der Waals surface area contributed by atoms with Crippen molar-refractivity contribution in [2.45, 2.75) is 76.3 Å². The highest BCUT2D eigenvalue weighted by molar-refractivity contribution is 6.87. The molecule has 2 heteroatoms. The molecule has 0 aromatic rings. The highest BCUT2D eigenvalue weighted by atomic mass is 28.3. The van der Waals surface area contributed by atoms with Gasteiger partial charge < -0.3 is 4.74 Å². The van der Waals surface area contributed by atoms with Crippen molar-refractivity contribution in [3.05, 3.63) is 0 Å². The Kier molecular flexibility index (Phi) is 2.76. The number of hydrogen-bond donors (Lipinski definition) is 0. The summed E-state index contributed by atoms with van der Waals surface area (Å²) in [5, 5.41) is 0.357. The first-order valence-corrected chi connectivity index (χ1v) is 9.49. The fourth-order valence-corrected chi connectivity index (χ4v) is 2.97. The summed E-state index contributed by atoms with van der Waals surface area (Å²) in [7, 11) is -1.45. The minimum atomic E-state index is -1.45. The van der Waals surface area contributed by atoms with Crippen LogP contribution in [0.3, 0.4) is 0 Å². The minimum Gasteiger partial charge on any atom is -0.352 e. The summed E-state index contributed by atoms with van der Waals surface area (Å²) in [6.45, 7) is 11.7. The average Bonchev–Trinajstić information content (AvgIpc) is 2.88. The van der Waals surface area contributed by atoms with Crippen molar-refractivity contribution in [2.24, 2.45) is 0 Å². The van der Waals surface area contributed by atoms with Crippen LogP contribution in [0.25, 0.3) is 0 Å². The molecule has 0 bridgehead atoms. The summed E-state index contributed by atoms with van der Waals surface area (Å²) in [6.07, 6.45) is 5.49. The van der Waals surface area contributed by atoms with E-state index < -0.39 is 8.07 Å². The molecule has 1 saturated carbocycles. The van der Waals surface area contributed by atoms with Crippen LogP contribution in [0.15, 0.2) is 0 Å². The molecule has 1 saturated heterocycles. The third-order valence-electron chi connectivity index (χ3n) is 4.54. The van der Waals surface area contributed by atoms with E-state index in [9.17, 15) is 0 Å². The smallest absolute Gasteiger partial charge is 0.154 e. The fraction of sp³-hybridized carbons (Fsp3) is 0.857. The number of ether oxygens (including phenoxy) is 1. The first-order chi connectivity index (χ1) is 7.27. The van der Waals surface area contributed by atoms with Gasteiger partial charge in [0.05, 0.1) is 6.10 Å². The summed E-state index contributed by atoms with van der Waals surface area (Å²) in [6, 6.07) is 0. The van der Waals surface area contributed by atoms with Crippen molar-refractivity contribution >= 4 is 8.07 Å². The van der Waals surface area contributed by atoms with E-state index in [1.807, 2.05) is 0 Å². The van der Waals surface area contributed by atoms with E-state index in [-0.39, 0.29) is 5.60 Å². The Morgan fingerprint density at radius 3 is 2.50 bits per heavy atom. The molecule has 2 fully saturated rings. The highest BCUT2D eigenvalue weighted by Gasteiger charge is 2.56. The van der Waals surface area contributed by atoms with Gasteiger partial charge in [0.25, 0.3) is 0 Å². The van der Waals surface area contributed by atoms with Crippen LogP contribution in [0.2, 0.25) is 18.1 Å². The summed E-state index contributed by atoms with van der Waals surface area (Å²) in [5.41, 5.74) is 3.61. The van der Waals surface area contributed by atoms with E-state index >= 15 is 0 Å². The minimum absolute atomic E-state index is 0.00618. The van der Waals surface area contributed by atoms with E-state index in [4.69, 9.17) is 4.74 Å². The van der Waals surface area contributed by atoms with E-state index in [0.717, 1.165) is 0 Å². The Morgan fingerprint density at radius 1 is 1.25 bits per heavy atom. The predicted octanol–water partition coefficient (Wildman–Crippen LogP) is 3.75. The van der Waals surface area contributed by atoms with Crippen LogP contribution < -0.4 is 0 Å². The number of hydrogen-bond acceptors (Lipinski definition) is 1. The second-order valence-corrected chi connectivity index (χ2v) is 11.9. The van der Waals surface area contributed by atoms with Gasteiger partial charge in [-0.25, -0.2) is 0 Å². The van der Waals surface area contributed by atoms with Gasteiger partial charge in [-0.3, -0.25) is 0 Å². The molecular weight excluding hydrogens is 212 g/mol. The van der Waals surface area contributed by atoms with Crippen molar-refractivity contribution in [1.82, 2.24) is 0 Å². The molecule has 0 N–H and O–H groups in total. The zero-order valence-electron chi connectivity index (χ0n) is 11.3. The van der Waals surface area contributed by atoms with E-state index in [1.165, 1.54) is 25.7 Å². The maximum atomic E-state index is 5.82. The zero-order valence-corrected chi connectivity index (χ0v) is 12.3. The van der Waals surface area contributed by atoms with Crippen molar-refractivity contribution in [2.75, 3.05) is 0 Å². The molecule has 2 atom stereocenters. The summed E-state index contributed by atoms with van der Waals surface area (Å²) >= 11 is 0. The van der Waals surface area contributed by atoms with Gasteiger partial charge in [-0.05, 0) is 24.3 Å². The third kappa shape index (κ3) is 2.08. The lowest BCUT2D eigenvalue weighted by Crippen LogP contribution is -2.36. The molecule has 0 aromatic heterocycles. The topological polar surface area (TPSA) is 12.5 Å². The molecule has 0 radical (unpaired) electrons. The Balaban J connectivity index is 2.11. The third-order valence-corrected chi connectivity index (χ3v) is 9.04. The molecule has 90 valence electrons. The Hall–Kier alpha value is -0.263. The predicted molar refractivity (Wildman–Crippen MR) is 71.0 cm³/mol. The Morgan fingerprint density at radius 2 is 1.94 bits per heavy atom. The summed E-state index contributed by atoms with van der Waals surface area (Å²) in [4.78, 5) is 0. The van der Waals surface area contributed by atoms with Crippen molar-refractivity contribution < 1.29 is 4.74 Å². The average molecular weight is 236 g/mol. The standard InChI is InChI=1S/C14H24OSi/c1-13(2,3)16(4,5)11-10-14-9-7-6-8-12(14)15-14/h12H,6-9H2,1-5H3. The normalized spacial score (nSPS) is 33.7. The first kappa shape index (κ1) is 12.2. The summed E-state index contributed by atoms with van der Waals surface area (Å²) < 4.78 is 5.82. The van der Waals surface area contributed by atoms with Crippen LogP contribution >= 0.6 is 0 Å². The maximum Gasteiger partial charge on any atom is 0.154 e. The van der Waals surface area contributed by atoms with Crippen molar-refractivity contribution in [1.29, 1.82) is 0 Å². The zero-order chi connectivity index (χ0) is 12.0. The lowest BCUT2D eigenvalue weighted by molar-refractivity contribution is 0.336. The molecule has 0 amide bonds. The van der Waals surface area contributed by atoms with Crippen LogP contribution in [0, 0.1) is 11.5 Å². The molecule has 1 aliphatic carbocycles. The number of rotatable bonds is 0. The SMILES string of the molecule is CC(C)(C)[Si](C)(C)C#CC12CCCCC1O2. The van der Waals surface area contributed by atoms with Gasteiger partial charge in [-0.1, -0.05) is 46.2 Å². The van der Waals surface area contributed by atoms with Gasteiger partial charge in [0.15, 0.2) is 5.60 Å². The van der Waals surface area contributed by atoms with E-state index in [2.05, 4.69) is 45.3 Å². The van der Waals surface area contributed by atoms with Crippen LogP contribution in [-0.4, -0.2) is 19.8 Å². The highest BCUT2D eigenvalue weighted by Crippen LogP contribution is 2.47. The maximum absolute atomic E-state index is 5.82. The quantitative estimate of drug-likeness (QED) is 0.354. The molecule has 2 rings (SSSR count). The van der Waals surface area contributed by atoms with E-state index in [1.54, 1.807) is 0 Å². The molecule has 2 unspecified atom stereocenters. The van der Waals surface area contributed by atoms with Crippen LogP contribution in [0.5, 0.6) is 0 Å². The van der Waals surface area contributed by atoms with E-state index in [0.29, 0.717) is 11.1 Å². The molecule has 1 aliphatic heterocycles. The molecule has 1 nitrogen and oxygen atoms in total. The summed E-state index contributed by atoms with van der Waals surface area (Å²) in [5.74, 6) is 3.51. The molecule has 1 heterocycles. The van der Waals surface area contributed by atoms with Gasteiger partial charge in [0, 0.05) is 0 Å². The number of fused-ring (bicyclic) bond motifs is 1. The van der Waals surface area contributed by atoms with Crippen molar-refractivity contribution in [3.63, 3.8) is 0 Å². The number of epoxide rings is 1. The molecule has 0 aromatic carbocycles. The Labute approximate surface area is 101 Å². The van der Waals surface area contributed by atoms with Gasteiger partial charge in [-0.2, -0.15) is 0 Å². The molecule has 0 spiro atoms. The first-order valence-electron chi connectivity index (χ1n) is 6.49. The van der Waals surface area contributed by atoms with Crippen LogP contribution in [0.1, 0.15) is 46.5 Å². The van der Waals surface area contributed by atoms with Gasteiger partial charge in [-0.15, -0.1) is 5.54 Å².